The highest BCUT2D eigenvalue weighted by atomic mass is 79.9. The van der Waals surface area contributed by atoms with Crippen LogP contribution in [0, 0.1) is 0 Å². The predicted molar refractivity (Wildman–Crippen MR) is 36.4 cm³/mol. The van der Waals surface area contributed by atoms with Gasteiger partial charge in [-0.25, -0.2) is 0 Å². The third-order valence-corrected chi connectivity index (χ3v) is 2.62. The molecule has 4 heteroatoms. The van der Waals surface area contributed by atoms with Crippen molar-refractivity contribution in [3.63, 3.8) is 0 Å². The van der Waals surface area contributed by atoms with Crippen molar-refractivity contribution in [2.75, 3.05) is 0 Å². The van der Waals surface area contributed by atoms with E-state index in [1.807, 2.05) is 13.8 Å². The number of halogens is 1. The molecule has 0 atom stereocenters. The molecule has 0 radical (unpaired) electrons. The molecule has 0 unspecified atom stereocenters. The average Bonchev–Trinajstić information content (AvgIpc) is 1.85. The van der Waals surface area contributed by atoms with Crippen LogP contribution >= 0.6 is 22.6 Å². The second-order valence-corrected chi connectivity index (χ2v) is 4.04. The molecule has 1 aliphatic rings. The van der Waals surface area contributed by atoms with Crippen LogP contribution in [0.3, 0.4) is 0 Å². The molecule has 8 heavy (non-hydrogen) atoms. The summed E-state index contributed by atoms with van der Waals surface area (Å²) in [5.74, 6) is 1.76. The number of allylic oxidation sites excluding steroid dienone is 2. The van der Waals surface area contributed by atoms with Crippen molar-refractivity contribution in [1.82, 2.24) is 0 Å². The summed E-state index contributed by atoms with van der Waals surface area (Å²) in [7, 11) is -0.805. The Kier molecular flexibility index (Phi) is 1.78. The SMILES string of the molecule is CC1=C(C)OP(Br)O1. The van der Waals surface area contributed by atoms with Crippen LogP contribution in [0.5, 0.6) is 0 Å². The summed E-state index contributed by atoms with van der Waals surface area (Å²) in [6, 6.07) is 0. The van der Waals surface area contributed by atoms with Gasteiger partial charge in [0.05, 0.1) is 0 Å². The highest BCUT2D eigenvalue weighted by Crippen LogP contribution is 2.55. The van der Waals surface area contributed by atoms with Crippen LogP contribution in [0.4, 0.5) is 0 Å². The molecule has 0 aromatic rings. The second-order valence-electron chi connectivity index (χ2n) is 1.51. The van der Waals surface area contributed by atoms with E-state index in [-0.39, 0.29) is 0 Å². The zero-order chi connectivity index (χ0) is 6.15. The van der Waals surface area contributed by atoms with Gasteiger partial charge < -0.3 is 9.05 Å². The topological polar surface area (TPSA) is 18.5 Å². The van der Waals surface area contributed by atoms with Gasteiger partial charge in [0.1, 0.15) is 11.5 Å². The lowest BCUT2D eigenvalue weighted by Gasteiger charge is -1.96. The minimum Gasteiger partial charge on any atom is -0.432 e. The van der Waals surface area contributed by atoms with Crippen molar-refractivity contribution in [3.05, 3.63) is 11.5 Å². The fraction of sp³-hybridized carbons (Fsp3) is 0.500. The quantitative estimate of drug-likeness (QED) is 0.555. The maximum absolute atomic E-state index is 5.11. The van der Waals surface area contributed by atoms with Crippen LogP contribution in [0.2, 0.25) is 0 Å². The van der Waals surface area contributed by atoms with Gasteiger partial charge in [0.15, 0.2) is 0 Å². The summed E-state index contributed by atoms with van der Waals surface area (Å²) >= 11 is 3.20. The molecule has 0 bridgehead atoms. The van der Waals surface area contributed by atoms with E-state index in [1.54, 1.807) is 0 Å². The zero-order valence-electron chi connectivity index (χ0n) is 4.64. The molecule has 1 aliphatic heterocycles. The maximum atomic E-state index is 5.11. The monoisotopic (exact) mass is 196 g/mol. The fourth-order valence-corrected chi connectivity index (χ4v) is 2.39. The van der Waals surface area contributed by atoms with Crippen molar-refractivity contribution in [3.8, 4) is 0 Å². The maximum Gasteiger partial charge on any atom is 0.367 e. The molecule has 46 valence electrons. The molecular weight excluding hydrogens is 191 g/mol. The van der Waals surface area contributed by atoms with E-state index in [1.165, 1.54) is 0 Å². The average molecular weight is 197 g/mol. The van der Waals surface area contributed by atoms with E-state index in [4.69, 9.17) is 9.05 Å². The summed E-state index contributed by atoms with van der Waals surface area (Å²) in [6.45, 7) is 3.78. The molecule has 0 aromatic carbocycles. The largest absolute Gasteiger partial charge is 0.432 e. The van der Waals surface area contributed by atoms with Crippen molar-refractivity contribution in [2.24, 2.45) is 0 Å². The van der Waals surface area contributed by atoms with Gasteiger partial charge in [-0.3, -0.25) is 0 Å². The van der Waals surface area contributed by atoms with Crippen LogP contribution in [0.25, 0.3) is 0 Å². The molecule has 0 amide bonds. The molecule has 1 heterocycles. The smallest absolute Gasteiger partial charge is 0.367 e. The Morgan fingerprint density at radius 2 is 1.62 bits per heavy atom. The summed E-state index contributed by atoms with van der Waals surface area (Å²) < 4.78 is 10.2. The van der Waals surface area contributed by atoms with E-state index >= 15 is 0 Å². The highest BCUT2D eigenvalue weighted by Gasteiger charge is 2.19. The van der Waals surface area contributed by atoms with Gasteiger partial charge >= 0.3 is 7.08 Å². The molecule has 0 saturated carbocycles. The van der Waals surface area contributed by atoms with Crippen LogP contribution in [-0.4, -0.2) is 0 Å². The van der Waals surface area contributed by atoms with Gasteiger partial charge in [-0.15, -0.1) is 0 Å². The second kappa shape index (κ2) is 2.24. The van der Waals surface area contributed by atoms with Crippen molar-refractivity contribution in [2.45, 2.75) is 13.8 Å². The molecule has 1 rings (SSSR count). The van der Waals surface area contributed by atoms with Crippen molar-refractivity contribution < 1.29 is 9.05 Å². The third-order valence-electron chi connectivity index (χ3n) is 0.913. The molecule has 0 N–H and O–H groups in total. The van der Waals surface area contributed by atoms with Gasteiger partial charge in [-0.1, -0.05) is 0 Å². The van der Waals surface area contributed by atoms with Gasteiger partial charge in [0, 0.05) is 15.5 Å². The van der Waals surface area contributed by atoms with E-state index < -0.39 is 7.08 Å². The number of rotatable bonds is 0. The normalized spacial score (nSPS) is 20.9. The van der Waals surface area contributed by atoms with Crippen molar-refractivity contribution >= 4 is 22.6 Å². The predicted octanol–water partition coefficient (Wildman–Crippen LogP) is 2.91. The molecule has 2 nitrogen and oxygen atoms in total. The lowest BCUT2D eigenvalue weighted by molar-refractivity contribution is 0.464. The first-order chi connectivity index (χ1) is 3.70. The fourth-order valence-electron chi connectivity index (χ4n) is 0.363. The standard InChI is InChI=1S/C4H6BrO2P/c1-3-4(2)7-8(5)6-3/h1-2H3. The first-order valence-corrected chi connectivity index (χ1v) is 5.39. The lowest BCUT2D eigenvalue weighted by atomic mass is 10.5. The zero-order valence-corrected chi connectivity index (χ0v) is 7.12. The Balaban J connectivity index is 2.60. The van der Waals surface area contributed by atoms with E-state index in [0.29, 0.717) is 0 Å². The molecule has 0 fully saturated rings. The van der Waals surface area contributed by atoms with E-state index in [9.17, 15) is 0 Å². The van der Waals surface area contributed by atoms with Crippen LogP contribution < -0.4 is 0 Å². The molecule has 0 spiro atoms. The summed E-state index contributed by atoms with van der Waals surface area (Å²) in [5, 5.41) is 0. The first-order valence-electron chi connectivity index (χ1n) is 2.19. The minimum absolute atomic E-state index is 0.805. The van der Waals surface area contributed by atoms with Crippen LogP contribution in [-0.2, 0) is 9.05 Å². The Labute approximate surface area is 57.5 Å². The first kappa shape index (κ1) is 6.37. The minimum atomic E-state index is -0.805. The highest BCUT2D eigenvalue weighted by molar-refractivity contribution is 9.38. The Hall–Kier alpha value is 0.250. The summed E-state index contributed by atoms with van der Waals surface area (Å²) in [4.78, 5) is 0. The summed E-state index contributed by atoms with van der Waals surface area (Å²) in [6.07, 6.45) is 0. The Morgan fingerprint density at radius 3 is 1.75 bits per heavy atom. The number of hydrogen-bond donors (Lipinski definition) is 0. The Morgan fingerprint density at radius 1 is 1.25 bits per heavy atom. The van der Waals surface area contributed by atoms with E-state index in [0.717, 1.165) is 11.5 Å². The lowest BCUT2D eigenvalue weighted by Crippen LogP contribution is -1.70. The summed E-state index contributed by atoms with van der Waals surface area (Å²) in [5.41, 5.74) is 0. The number of hydrogen-bond acceptors (Lipinski definition) is 2. The van der Waals surface area contributed by atoms with E-state index in [2.05, 4.69) is 15.5 Å². The van der Waals surface area contributed by atoms with Crippen LogP contribution in [0.15, 0.2) is 11.5 Å². The molecule has 0 saturated heterocycles. The van der Waals surface area contributed by atoms with Gasteiger partial charge in [0.25, 0.3) is 0 Å². The van der Waals surface area contributed by atoms with Gasteiger partial charge in [-0.05, 0) is 13.8 Å². The van der Waals surface area contributed by atoms with Gasteiger partial charge in [0.2, 0.25) is 0 Å². The molecule has 0 aromatic heterocycles. The molecular formula is C4H6BrO2P. The Bertz CT molecular complexity index is 120. The molecule has 0 aliphatic carbocycles. The van der Waals surface area contributed by atoms with Crippen LogP contribution in [0.1, 0.15) is 13.8 Å². The van der Waals surface area contributed by atoms with Crippen molar-refractivity contribution in [1.29, 1.82) is 0 Å². The third kappa shape index (κ3) is 1.15. The van der Waals surface area contributed by atoms with Gasteiger partial charge in [-0.2, -0.15) is 0 Å².